The zero-order chi connectivity index (χ0) is 27.8. The Kier molecular flexibility index (Phi) is 10.8. The summed E-state index contributed by atoms with van der Waals surface area (Å²) in [6.45, 7) is 17.0. The molecule has 210 valence electrons. The summed E-state index contributed by atoms with van der Waals surface area (Å²) in [5, 5.41) is 6.84. The molecule has 1 saturated heterocycles. The van der Waals surface area contributed by atoms with Gasteiger partial charge in [0.15, 0.2) is 0 Å². The second-order valence-electron chi connectivity index (χ2n) is 13.2. The first-order chi connectivity index (χ1) is 18.0. The quantitative estimate of drug-likeness (QED) is 0.293. The van der Waals surface area contributed by atoms with Crippen molar-refractivity contribution in [1.29, 1.82) is 0 Å². The van der Waals surface area contributed by atoms with E-state index in [4.69, 9.17) is 4.74 Å². The fourth-order valence-electron chi connectivity index (χ4n) is 5.42. The number of nitrogens with one attached hydrogen (secondary N) is 2. The van der Waals surface area contributed by atoms with E-state index in [0.717, 1.165) is 25.8 Å². The number of hydrogen-bond acceptors (Lipinski definition) is 3. The van der Waals surface area contributed by atoms with Gasteiger partial charge in [-0.25, -0.2) is 4.79 Å². The van der Waals surface area contributed by atoms with Crippen LogP contribution in [0.25, 0.3) is 0 Å². The first-order valence-electron chi connectivity index (χ1n) is 14.9. The topological polar surface area (TPSA) is 50.4 Å². The maximum absolute atomic E-state index is 12.5. The Labute approximate surface area is 232 Å². The smallest absolute Gasteiger partial charge is 0.407 e. The Balaban J connectivity index is 1.66. The first kappa shape index (κ1) is 30.2. The minimum atomic E-state index is -0.286. The van der Waals surface area contributed by atoms with Crippen LogP contribution in [0.2, 0.25) is 0 Å². The minimum Gasteiger partial charge on any atom is -0.450 e. The standard InChI is InChI=1S/C34H52N2O2/c1-8-9-10-11-12-13-22-38-32(37)36-29-23-30(35-24-29)31(25-14-18-27(19-15-25)33(2,3)4)26-16-20-28(21-17-26)34(5,6)7/h14-21,29-31,35H,8-13,22-24H2,1-7H3,(H,36,37)/t29-,30-/m1/s1. The Morgan fingerprint density at radius 2 is 1.34 bits per heavy atom. The summed E-state index contributed by atoms with van der Waals surface area (Å²) in [7, 11) is 0. The zero-order valence-corrected chi connectivity index (χ0v) is 25.0. The highest BCUT2D eigenvalue weighted by molar-refractivity contribution is 5.67. The molecule has 1 fully saturated rings. The van der Waals surface area contributed by atoms with Crippen LogP contribution >= 0.6 is 0 Å². The number of rotatable bonds is 11. The van der Waals surface area contributed by atoms with Crippen molar-refractivity contribution in [3.8, 4) is 0 Å². The van der Waals surface area contributed by atoms with Crippen LogP contribution in [0.3, 0.4) is 0 Å². The lowest BCUT2D eigenvalue weighted by atomic mass is 9.80. The zero-order valence-electron chi connectivity index (χ0n) is 25.0. The van der Waals surface area contributed by atoms with Crippen LogP contribution in [0.5, 0.6) is 0 Å². The summed E-state index contributed by atoms with van der Waals surface area (Å²) in [6.07, 6.45) is 7.70. The molecular formula is C34H52N2O2. The summed E-state index contributed by atoms with van der Waals surface area (Å²) in [4.78, 5) is 12.5. The molecule has 4 nitrogen and oxygen atoms in total. The van der Waals surface area contributed by atoms with Crippen LogP contribution in [0.1, 0.15) is 122 Å². The first-order valence-corrected chi connectivity index (χ1v) is 14.9. The highest BCUT2D eigenvalue weighted by Crippen LogP contribution is 2.35. The van der Waals surface area contributed by atoms with Crippen molar-refractivity contribution in [2.45, 2.75) is 122 Å². The predicted octanol–water partition coefficient (Wildman–Crippen LogP) is 8.23. The van der Waals surface area contributed by atoms with Gasteiger partial charge in [-0.2, -0.15) is 0 Å². The summed E-state index contributed by atoms with van der Waals surface area (Å²) in [5.41, 5.74) is 5.55. The number of ether oxygens (including phenoxy) is 1. The van der Waals surface area contributed by atoms with Gasteiger partial charge in [-0.3, -0.25) is 0 Å². The molecule has 0 spiro atoms. The number of amides is 1. The van der Waals surface area contributed by atoms with Gasteiger partial charge in [0.05, 0.1) is 6.61 Å². The van der Waals surface area contributed by atoms with Gasteiger partial charge in [0.1, 0.15) is 0 Å². The molecule has 1 aliphatic rings. The van der Waals surface area contributed by atoms with E-state index < -0.39 is 0 Å². The van der Waals surface area contributed by atoms with Gasteiger partial charge in [-0.1, -0.05) is 129 Å². The van der Waals surface area contributed by atoms with Crippen LogP contribution in [0.15, 0.2) is 48.5 Å². The largest absolute Gasteiger partial charge is 0.450 e. The monoisotopic (exact) mass is 520 g/mol. The molecule has 1 amide bonds. The summed E-state index contributed by atoms with van der Waals surface area (Å²) >= 11 is 0. The SMILES string of the molecule is CCCCCCCCOC(=O)N[C@H]1CN[C@@H](C(c2ccc(C(C)(C)C)cc2)c2ccc(C(C)(C)C)cc2)C1. The summed E-state index contributed by atoms with van der Waals surface area (Å²) in [6, 6.07) is 18.6. The fourth-order valence-corrected chi connectivity index (χ4v) is 5.42. The average molecular weight is 521 g/mol. The number of hydrogen-bond donors (Lipinski definition) is 2. The van der Waals surface area contributed by atoms with E-state index in [0.29, 0.717) is 6.61 Å². The molecule has 2 N–H and O–H groups in total. The molecule has 0 unspecified atom stereocenters. The molecule has 1 heterocycles. The fraction of sp³-hybridized carbons (Fsp3) is 0.618. The van der Waals surface area contributed by atoms with Crippen LogP contribution in [0, 0.1) is 0 Å². The number of carbonyl (C=O) groups is 1. The van der Waals surface area contributed by atoms with Gasteiger partial charge in [0.2, 0.25) is 0 Å². The van der Waals surface area contributed by atoms with E-state index in [2.05, 4.69) is 108 Å². The summed E-state index contributed by atoms with van der Waals surface area (Å²) in [5.74, 6) is 0.212. The summed E-state index contributed by atoms with van der Waals surface area (Å²) < 4.78 is 5.49. The predicted molar refractivity (Wildman–Crippen MR) is 160 cm³/mol. The van der Waals surface area contributed by atoms with E-state index >= 15 is 0 Å². The Morgan fingerprint density at radius 3 is 1.84 bits per heavy atom. The van der Waals surface area contributed by atoms with Crippen LogP contribution in [0.4, 0.5) is 4.79 Å². The Hall–Kier alpha value is -2.33. The number of alkyl carbamates (subject to hydrolysis) is 1. The third-order valence-corrected chi connectivity index (χ3v) is 7.89. The van der Waals surface area contributed by atoms with Crippen molar-refractivity contribution in [2.24, 2.45) is 0 Å². The van der Waals surface area contributed by atoms with Gasteiger partial charge in [0.25, 0.3) is 0 Å². The normalized spacial score (nSPS) is 18.1. The molecule has 2 aromatic carbocycles. The van der Waals surface area contributed by atoms with Gasteiger partial charge in [-0.15, -0.1) is 0 Å². The van der Waals surface area contributed by atoms with E-state index in [1.54, 1.807) is 0 Å². The second kappa shape index (κ2) is 13.6. The third kappa shape index (κ3) is 8.86. The minimum absolute atomic E-state index is 0.0715. The van der Waals surface area contributed by atoms with Crippen molar-refractivity contribution in [3.63, 3.8) is 0 Å². The van der Waals surface area contributed by atoms with Crippen molar-refractivity contribution in [2.75, 3.05) is 13.2 Å². The van der Waals surface area contributed by atoms with Crippen molar-refractivity contribution in [3.05, 3.63) is 70.8 Å². The molecule has 4 heteroatoms. The maximum atomic E-state index is 12.5. The molecular weight excluding hydrogens is 468 g/mol. The maximum Gasteiger partial charge on any atom is 0.407 e. The molecule has 2 aromatic rings. The molecule has 38 heavy (non-hydrogen) atoms. The molecule has 0 radical (unpaired) electrons. The molecule has 1 aliphatic heterocycles. The molecule has 0 aliphatic carbocycles. The van der Waals surface area contributed by atoms with Gasteiger partial charge in [0, 0.05) is 24.5 Å². The average Bonchev–Trinajstić information content (AvgIpc) is 3.31. The number of unbranched alkanes of at least 4 members (excludes halogenated alkanes) is 5. The van der Waals surface area contributed by atoms with Crippen LogP contribution in [-0.2, 0) is 15.6 Å². The van der Waals surface area contributed by atoms with Crippen LogP contribution < -0.4 is 10.6 Å². The van der Waals surface area contributed by atoms with Crippen molar-refractivity contribution in [1.82, 2.24) is 10.6 Å². The van der Waals surface area contributed by atoms with E-state index in [-0.39, 0.29) is 34.9 Å². The molecule has 0 saturated carbocycles. The van der Waals surface area contributed by atoms with E-state index in [9.17, 15) is 4.79 Å². The molecule has 3 rings (SSSR count). The third-order valence-electron chi connectivity index (χ3n) is 7.89. The lowest BCUT2D eigenvalue weighted by Crippen LogP contribution is -2.36. The van der Waals surface area contributed by atoms with E-state index in [1.807, 2.05) is 0 Å². The second-order valence-corrected chi connectivity index (χ2v) is 13.2. The lowest BCUT2D eigenvalue weighted by Gasteiger charge is -2.27. The Morgan fingerprint density at radius 1 is 0.842 bits per heavy atom. The number of carbonyl (C=O) groups excluding carboxylic acids is 1. The van der Waals surface area contributed by atoms with Gasteiger partial charge < -0.3 is 15.4 Å². The highest BCUT2D eigenvalue weighted by Gasteiger charge is 2.33. The number of benzene rings is 2. The van der Waals surface area contributed by atoms with Crippen LogP contribution in [-0.4, -0.2) is 31.3 Å². The van der Waals surface area contributed by atoms with E-state index in [1.165, 1.54) is 47.9 Å². The van der Waals surface area contributed by atoms with Crippen molar-refractivity contribution < 1.29 is 9.53 Å². The molecule has 0 bridgehead atoms. The molecule has 0 aromatic heterocycles. The highest BCUT2D eigenvalue weighted by atomic mass is 16.5. The lowest BCUT2D eigenvalue weighted by molar-refractivity contribution is 0.140. The van der Waals surface area contributed by atoms with Gasteiger partial charge in [-0.05, 0) is 45.9 Å². The van der Waals surface area contributed by atoms with Gasteiger partial charge >= 0.3 is 6.09 Å². The Bertz CT molecular complexity index is 926. The van der Waals surface area contributed by atoms with Crippen molar-refractivity contribution >= 4 is 6.09 Å². The molecule has 2 atom stereocenters.